The van der Waals surface area contributed by atoms with Crippen molar-refractivity contribution in [2.75, 3.05) is 135 Å². The molecule has 4 aromatic carbocycles. The van der Waals surface area contributed by atoms with E-state index in [0.717, 1.165) is 239 Å². The van der Waals surface area contributed by atoms with Crippen LogP contribution < -0.4 is 72.5 Å². The number of carbonyl (C=O) groups is 1. The summed E-state index contributed by atoms with van der Waals surface area (Å²) in [5.41, 5.74) is 50.7. The molecule has 11 N–H and O–H groups in total. The standard InChI is InChI=1S/C31H31N9OS.C26H25N7S.C25H26N7S.C23H24N6S/c1-18-23(17-39(4)37-18)30(41)34-13-19-15-40(16-19)29-28-21-7-5-8-24(32-2)22(21)12-26(28)35-31(36-29)42-20-11-27-25(33-14-20)9-6-10-38(27)3;1-28-18-5-2-4-16-17(18)11-21-23(16)24(33-9-7-26(14-33)12-22(26)27)32-25(31-21)34-15-10-20-19(30-13-15)6-3-8-29-20;1-27-19-6-3-5-17-18(19)10-21-23(17)24(32-13-15(11-26)14-32)30-25(29-21)33-16-9-22-20(28-12-16)7-4-8-31(22)2;1-12-6-13(9-26-8-12)30-23-27-19-7-15-14(4-3-5-18(15)25-2)20(19)22(28-23)29-10-16-17(11-29)21(16)24/h5-11,14,17,19,32H,12-13,15-16H2,1-4H3;2-6,8,10,13,22,28H,7,9,11-12,14,27H2,1H3;3-9,12,15,27H,10-11,13-14,26H2,1-2H3;3-6,8-9,16-17,21,25H,7,10-11,24H2,1-2H3/q;;+1;/p+1. The SMILES string of the molecule is CNc1cccc2c1Cc1nc(Sc3cnc4ccc[n+](C)c4c3)nc(N3CC(CN)C3)c1-2.CNc1cccc2c1Cc1nc(Sc3cnc4ccc[n+](C)c4c3)nc(N3CC(CNC(=O)c4cn(C)nc4C)C3)c1-2.CNc1cccc2c1Cc1nc(Sc3cnc4cccnc4c3)nc(N3CCC4(CC4N)C3)c1-2.CNc1cccc2c1Cc1nc(Sc3cncc(C)c3)nc(N3CC4C(N)C4C3)c1-2. The number of nitrogens with zero attached hydrogens (tertiary/aromatic N) is 21. The molecule has 2 saturated carbocycles. The van der Waals surface area contributed by atoms with E-state index in [1.807, 2.05) is 136 Å². The molecule has 12 aromatic heterocycles. The van der Waals surface area contributed by atoms with Crippen LogP contribution in [0.5, 0.6) is 0 Å². The topological polar surface area (TPSA) is 361 Å². The third kappa shape index (κ3) is 17.0. The Hall–Kier alpha value is -13.6. The van der Waals surface area contributed by atoms with E-state index in [1.165, 1.54) is 66.9 Å². The zero-order valence-electron chi connectivity index (χ0n) is 78.8. The molecule has 4 aliphatic heterocycles. The molecule has 34 heteroatoms. The highest BCUT2D eigenvalue weighted by molar-refractivity contribution is 8.00. The van der Waals surface area contributed by atoms with Crippen LogP contribution in [0.4, 0.5) is 46.0 Å². The number of anilines is 8. The van der Waals surface area contributed by atoms with E-state index in [1.54, 1.807) is 64.1 Å². The van der Waals surface area contributed by atoms with Gasteiger partial charge in [0.2, 0.25) is 11.0 Å². The Bertz CT molecular complexity index is 7610. The molecule has 26 rings (SSSR count). The molecule has 4 saturated heterocycles. The number of benzene rings is 4. The van der Waals surface area contributed by atoms with Crippen LogP contribution in [0.15, 0.2) is 229 Å². The molecule has 30 nitrogen and oxygen atoms in total. The van der Waals surface area contributed by atoms with Gasteiger partial charge in [-0.1, -0.05) is 48.5 Å². The van der Waals surface area contributed by atoms with Crippen molar-refractivity contribution in [1.82, 2.24) is 79.9 Å². The summed E-state index contributed by atoms with van der Waals surface area (Å²) in [4.78, 5) is 89.6. The van der Waals surface area contributed by atoms with Gasteiger partial charge >= 0.3 is 0 Å². The molecule has 1 spiro atoms. The quantitative estimate of drug-likeness (QED) is 0.0259. The highest BCUT2D eigenvalue weighted by atomic mass is 32.2. The lowest BCUT2D eigenvalue weighted by atomic mass is 9.98. The Morgan fingerprint density at radius 1 is 0.475 bits per heavy atom. The highest BCUT2D eigenvalue weighted by Crippen LogP contribution is 2.57. The maximum Gasteiger partial charge on any atom is 0.254 e. The van der Waals surface area contributed by atoms with Crippen LogP contribution in [-0.4, -0.2) is 186 Å². The van der Waals surface area contributed by atoms with Crippen molar-refractivity contribution in [3.63, 3.8) is 0 Å². The summed E-state index contributed by atoms with van der Waals surface area (Å²) in [6.07, 6.45) is 22.5. The van der Waals surface area contributed by atoms with Crippen LogP contribution in [0.25, 0.3) is 77.6 Å². The van der Waals surface area contributed by atoms with Gasteiger partial charge in [0, 0.05) is 281 Å². The number of rotatable bonds is 20. The first-order valence-corrected chi connectivity index (χ1v) is 50.7. The molecule has 6 fully saturated rings. The number of hydrogen-bond acceptors (Lipinski definition) is 30. The van der Waals surface area contributed by atoms with Gasteiger partial charge in [0.05, 0.1) is 45.1 Å². The molecule has 1 amide bonds. The number of nitrogens with one attached hydrogen (secondary N) is 5. The number of nitrogens with two attached hydrogens (primary N) is 3. The van der Waals surface area contributed by atoms with Crippen LogP contribution in [0, 0.1) is 42.9 Å². The number of piperidine rings is 1. The van der Waals surface area contributed by atoms with Crippen molar-refractivity contribution in [2.45, 2.75) is 105 Å². The number of aryl methyl sites for hydroxylation is 5. The van der Waals surface area contributed by atoms with Gasteiger partial charge in [-0.05, 0) is 203 Å². The maximum absolute atomic E-state index is 12.7. The molecule has 16 aromatic rings. The Balaban J connectivity index is 0.000000104. The van der Waals surface area contributed by atoms with Gasteiger partial charge < -0.3 is 63.4 Å². The Labute approximate surface area is 822 Å². The number of amides is 1. The highest BCUT2D eigenvalue weighted by Gasteiger charge is 2.57. The fraction of sp³-hybridized carbons (Fsp3) is 0.305. The van der Waals surface area contributed by atoms with Crippen LogP contribution in [0.1, 0.15) is 79.5 Å². The second-order valence-corrected chi connectivity index (χ2v) is 42.0. The van der Waals surface area contributed by atoms with E-state index in [2.05, 4.69) is 189 Å². The predicted octanol–water partition coefficient (Wildman–Crippen LogP) is 14.0. The number of carbonyl (C=O) groups excluding carboxylic acids is 1. The molecule has 700 valence electrons. The van der Waals surface area contributed by atoms with E-state index >= 15 is 0 Å². The van der Waals surface area contributed by atoms with Crippen LogP contribution >= 0.6 is 47.0 Å². The number of fused-ring (bicyclic) bond motifs is 16. The van der Waals surface area contributed by atoms with E-state index < -0.39 is 0 Å². The Morgan fingerprint density at radius 2 is 0.892 bits per heavy atom. The molecule has 4 unspecified atom stereocenters. The fourth-order valence-corrected chi connectivity index (χ4v) is 24.5. The van der Waals surface area contributed by atoms with Gasteiger partial charge in [-0.3, -0.25) is 24.4 Å². The lowest BCUT2D eigenvalue weighted by molar-refractivity contribution is -0.645. The Kier molecular flexibility index (Phi) is 23.5. The second-order valence-electron chi connectivity index (χ2n) is 37.8. The minimum atomic E-state index is -0.0772. The molecule has 0 radical (unpaired) electrons. The van der Waals surface area contributed by atoms with Crippen molar-refractivity contribution in [1.29, 1.82) is 0 Å². The lowest BCUT2D eigenvalue weighted by Crippen LogP contribution is -2.52. The minimum absolute atomic E-state index is 0.0772. The van der Waals surface area contributed by atoms with Crippen LogP contribution in [0.2, 0.25) is 0 Å². The summed E-state index contributed by atoms with van der Waals surface area (Å²) < 4.78 is 5.84. The molecule has 139 heavy (non-hydrogen) atoms. The smallest absolute Gasteiger partial charge is 0.254 e. The summed E-state index contributed by atoms with van der Waals surface area (Å²) in [7, 11) is 13.8. The molecule has 16 heterocycles. The van der Waals surface area contributed by atoms with Crippen molar-refractivity contribution in [2.24, 2.45) is 67.4 Å². The maximum atomic E-state index is 12.7. The molecule has 6 aliphatic carbocycles. The van der Waals surface area contributed by atoms with Crippen LogP contribution in [0.3, 0.4) is 0 Å². The lowest BCUT2D eigenvalue weighted by Gasteiger charge is -2.41. The second kappa shape index (κ2) is 36.6. The summed E-state index contributed by atoms with van der Waals surface area (Å²) in [5, 5.41) is 23.8. The Morgan fingerprint density at radius 3 is 1.31 bits per heavy atom. The van der Waals surface area contributed by atoms with Gasteiger partial charge in [-0.25, -0.2) is 49.8 Å². The number of pyridine rings is 7. The van der Waals surface area contributed by atoms with Crippen molar-refractivity contribution in [3.05, 3.63) is 251 Å². The number of aromatic nitrogens is 17. The third-order valence-electron chi connectivity index (χ3n) is 28.9. The average molecular weight is 1920 g/mol. The van der Waals surface area contributed by atoms with Gasteiger partial charge in [0.15, 0.2) is 33.0 Å². The molecule has 0 bridgehead atoms. The zero-order valence-corrected chi connectivity index (χ0v) is 82.1. The summed E-state index contributed by atoms with van der Waals surface area (Å²) in [6, 6.07) is 46.8. The van der Waals surface area contributed by atoms with E-state index in [-0.39, 0.29) is 11.3 Å². The first kappa shape index (κ1) is 89.3. The normalized spacial score (nSPS) is 18.2. The molecular formula is C105H107N29OS4+2. The van der Waals surface area contributed by atoms with Gasteiger partial charge in [0.1, 0.15) is 48.4 Å². The monoisotopic (exact) mass is 1920 g/mol. The van der Waals surface area contributed by atoms with Crippen LogP contribution in [-0.2, 0) is 46.8 Å². The fourth-order valence-electron chi connectivity index (χ4n) is 21.3. The van der Waals surface area contributed by atoms with Crippen molar-refractivity contribution in [3.8, 4) is 44.5 Å². The van der Waals surface area contributed by atoms with E-state index in [0.29, 0.717) is 59.6 Å². The molecular weight excluding hydrogens is 1810 g/mol. The first-order chi connectivity index (χ1) is 67.8. The minimum Gasteiger partial charge on any atom is -0.388 e. The van der Waals surface area contributed by atoms with Gasteiger partial charge in [-0.2, -0.15) is 14.2 Å². The van der Waals surface area contributed by atoms with Gasteiger partial charge in [-0.15, -0.1) is 0 Å². The third-order valence-corrected chi connectivity index (χ3v) is 32.2. The van der Waals surface area contributed by atoms with E-state index in [9.17, 15) is 4.79 Å². The summed E-state index contributed by atoms with van der Waals surface area (Å²) in [6.45, 7) is 12.7. The summed E-state index contributed by atoms with van der Waals surface area (Å²) in [5.74, 6) is 6.10. The predicted molar refractivity (Wildman–Crippen MR) is 550 cm³/mol. The zero-order chi connectivity index (χ0) is 94.8. The molecule has 10 aliphatic rings. The van der Waals surface area contributed by atoms with Crippen molar-refractivity contribution >= 4 is 132 Å². The summed E-state index contributed by atoms with van der Waals surface area (Å²) >= 11 is 6.26. The average Bonchev–Trinajstić information content (AvgIpc) is 1.54. The largest absolute Gasteiger partial charge is 0.388 e. The van der Waals surface area contributed by atoms with Crippen molar-refractivity contribution < 1.29 is 13.9 Å². The number of hydrogen-bond donors (Lipinski definition) is 8. The van der Waals surface area contributed by atoms with E-state index in [4.69, 9.17) is 57.1 Å². The molecule has 4 atom stereocenters. The van der Waals surface area contributed by atoms with Gasteiger partial charge in [0.25, 0.3) is 5.91 Å². The first-order valence-electron chi connectivity index (χ1n) is 47.4.